The average molecular weight is 862 g/mol. The monoisotopic (exact) mass is 862 g/mol. The SMILES string of the molecule is CCCCCCCCCCCCCCCC(=O)OCC(CO[P+]([O])([O-])OCC[N+](C)(C)C)OC(=O)CCCCCCCCCCCCC1(CCCC)OCC(C)(C)N1[O-]. The Morgan fingerprint density at radius 2 is 1.10 bits per heavy atom. The van der Waals surface area contributed by atoms with E-state index in [0.29, 0.717) is 24.1 Å². The van der Waals surface area contributed by atoms with E-state index < -0.39 is 44.1 Å². The van der Waals surface area contributed by atoms with E-state index in [2.05, 4.69) is 13.8 Å². The number of rotatable bonds is 40. The molecule has 1 radical (unpaired) electrons. The van der Waals surface area contributed by atoms with Crippen molar-refractivity contribution in [2.24, 2.45) is 0 Å². The van der Waals surface area contributed by atoms with E-state index in [4.69, 9.17) is 23.3 Å². The molecule has 1 rings (SSSR count). The van der Waals surface area contributed by atoms with E-state index in [1.54, 1.807) is 0 Å². The molecule has 13 heteroatoms. The number of carbonyl (C=O) groups excluding carboxylic acids is 2. The molecular weight excluding hydrogens is 771 g/mol. The van der Waals surface area contributed by atoms with Crippen molar-refractivity contribution in [1.82, 2.24) is 5.06 Å². The van der Waals surface area contributed by atoms with E-state index in [9.17, 15) is 24.6 Å². The van der Waals surface area contributed by atoms with Crippen LogP contribution in [0.15, 0.2) is 0 Å². The molecule has 0 amide bonds. The lowest BCUT2D eigenvalue weighted by Crippen LogP contribution is -2.48. The summed E-state index contributed by atoms with van der Waals surface area (Å²) in [7, 11) is 1.13. The Labute approximate surface area is 362 Å². The molecule has 0 aromatic rings. The Morgan fingerprint density at radius 1 is 0.661 bits per heavy atom. The fourth-order valence-electron chi connectivity index (χ4n) is 7.53. The maximum atomic E-state index is 13.0. The molecule has 1 aliphatic heterocycles. The minimum Gasteiger partial charge on any atom is -0.783 e. The number of carbonyl (C=O) groups is 2. The number of ether oxygens (including phenoxy) is 3. The molecule has 0 aromatic carbocycles. The van der Waals surface area contributed by atoms with Crippen molar-refractivity contribution in [2.75, 3.05) is 54.1 Å². The van der Waals surface area contributed by atoms with Crippen LogP contribution in [0.1, 0.15) is 214 Å². The second-order valence-electron chi connectivity index (χ2n) is 18.9. The number of quaternary nitrogens is 1. The van der Waals surface area contributed by atoms with Gasteiger partial charge in [0.25, 0.3) is 0 Å². The zero-order chi connectivity index (χ0) is 43.9. The molecule has 349 valence electrons. The zero-order valence-corrected chi connectivity index (χ0v) is 39.9. The van der Waals surface area contributed by atoms with Gasteiger partial charge in [-0.05, 0) is 52.4 Å². The molecule has 1 saturated heterocycles. The second-order valence-corrected chi connectivity index (χ2v) is 20.3. The predicted molar refractivity (Wildman–Crippen MR) is 236 cm³/mol. The Hall–Kier alpha value is -0.950. The number of hydrogen-bond donors (Lipinski definition) is 0. The minimum absolute atomic E-state index is 0.0420. The van der Waals surface area contributed by atoms with Crippen LogP contribution >= 0.6 is 8.17 Å². The quantitative estimate of drug-likeness (QED) is 0.0252. The van der Waals surface area contributed by atoms with Gasteiger partial charge in [0.1, 0.15) is 32.1 Å². The van der Waals surface area contributed by atoms with Gasteiger partial charge >= 0.3 is 20.1 Å². The van der Waals surface area contributed by atoms with Crippen LogP contribution in [0.5, 0.6) is 0 Å². The van der Waals surface area contributed by atoms with Crippen molar-refractivity contribution >= 4 is 20.1 Å². The lowest BCUT2D eigenvalue weighted by Gasteiger charge is -2.48. The Bertz CT molecular complexity index is 1060. The van der Waals surface area contributed by atoms with E-state index in [1.165, 1.54) is 82.1 Å². The van der Waals surface area contributed by atoms with Crippen LogP contribution in [0.4, 0.5) is 0 Å². The number of likely N-dealkylation sites (N-methyl/N-ethyl adjacent to an activating group) is 1. The normalized spacial score (nSPS) is 18.5. The highest BCUT2D eigenvalue weighted by Gasteiger charge is 2.45. The van der Waals surface area contributed by atoms with Gasteiger partial charge in [0, 0.05) is 23.3 Å². The summed E-state index contributed by atoms with van der Waals surface area (Å²) in [5.74, 6) is -0.867. The van der Waals surface area contributed by atoms with E-state index in [0.717, 1.165) is 89.9 Å². The van der Waals surface area contributed by atoms with Crippen LogP contribution < -0.4 is 4.89 Å². The average Bonchev–Trinajstić information content (AvgIpc) is 3.40. The summed E-state index contributed by atoms with van der Waals surface area (Å²) in [6, 6.07) is 0. The van der Waals surface area contributed by atoms with Gasteiger partial charge in [-0.2, -0.15) is 9.05 Å². The molecule has 0 aromatic heterocycles. The molecule has 1 fully saturated rings. The van der Waals surface area contributed by atoms with E-state index in [-0.39, 0.29) is 26.1 Å². The summed E-state index contributed by atoms with van der Waals surface area (Å²) in [6.45, 7) is 8.50. The van der Waals surface area contributed by atoms with Crippen LogP contribution in [0, 0.1) is 5.21 Å². The Kier molecular flexibility index (Phi) is 31.1. The summed E-state index contributed by atoms with van der Waals surface area (Å²) in [6.07, 6.45) is 29.3. The molecule has 1 aliphatic rings. The molecule has 0 aliphatic carbocycles. The van der Waals surface area contributed by atoms with Crippen molar-refractivity contribution in [3.8, 4) is 0 Å². The Morgan fingerprint density at radius 3 is 1.56 bits per heavy atom. The van der Waals surface area contributed by atoms with Crippen molar-refractivity contribution in [1.29, 1.82) is 0 Å². The van der Waals surface area contributed by atoms with Gasteiger partial charge in [-0.25, -0.2) is 0 Å². The van der Waals surface area contributed by atoms with Crippen LogP contribution in [0.3, 0.4) is 0 Å². The van der Waals surface area contributed by atoms with Gasteiger partial charge in [0.05, 0.1) is 27.7 Å². The number of esters is 2. The standard InChI is InChI=1S/C46H90N2O10P/c1-8-10-12-13-14-15-16-17-18-21-24-27-30-33-43(49)54-39-42(40-57-59(52,53)56-38-37-48(5,6)7)58-44(50)34-31-28-25-22-19-20-23-26-29-32-36-46(35-11-9-2)47(51)45(3,4)41-55-46/h42H,8-41H2,1-7H3. The van der Waals surface area contributed by atoms with Crippen molar-refractivity contribution in [2.45, 2.75) is 231 Å². The lowest BCUT2D eigenvalue weighted by molar-refractivity contribution is -0.870. The smallest absolute Gasteiger partial charge is 0.426 e. The summed E-state index contributed by atoms with van der Waals surface area (Å²) < 4.78 is 27.7. The van der Waals surface area contributed by atoms with Crippen molar-refractivity contribution in [3.05, 3.63) is 5.21 Å². The molecule has 59 heavy (non-hydrogen) atoms. The fraction of sp³-hybridized carbons (Fsp3) is 0.957. The highest BCUT2D eigenvalue weighted by atomic mass is 31.2. The molecule has 0 spiro atoms. The number of hydroxylamine groups is 2. The van der Waals surface area contributed by atoms with Gasteiger partial charge in [0.2, 0.25) is 0 Å². The van der Waals surface area contributed by atoms with Crippen LogP contribution in [0.2, 0.25) is 0 Å². The summed E-state index contributed by atoms with van der Waals surface area (Å²) in [5.41, 5.74) is -1.11. The summed E-state index contributed by atoms with van der Waals surface area (Å²) in [5, 5.41) is 14.3. The first kappa shape index (κ1) is 56.1. The van der Waals surface area contributed by atoms with Gasteiger partial charge in [-0.3, -0.25) is 9.59 Å². The van der Waals surface area contributed by atoms with Crippen LogP contribution in [0.25, 0.3) is 0 Å². The maximum absolute atomic E-state index is 13.0. The first-order valence-electron chi connectivity index (χ1n) is 23.9. The van der Waals surface area contributed by atoms with E-state index in [1.807, 2.05) is 35.0 Å². The summed E-state index contributed by atoms with van der Waals surface area (Å²) >= 11 is 0. The first-order valence-corrected chi connectivity index (χ1v) is 25.4. The van der Waals surface area contributed by atoms with Gasteiger partial charge in [0.15, 0.2) is 6.10 Å². The van der Waals surface area contributed by atoms with Gasteiger partial charge in [-0.1, -0.05) is 149 Å². The van der Waals surface area contributed by atoms with Gasteiger partial charge < -0.3 is 33.9 Å². The maximum Gasteiger partial charge on any atom is 0.426 e. The first-order chi connectivity index (χ1) is 28.1. The second kappa shape index (κ2) is 32.7. The molecule has 0 bridgehead atoms. The third-order valence-corrected chi connectivity index (χ3v) is 12.3. The van der Waals surface area contributed by atoms with Crippen molar-refractivity contribution < 1.29 is 47.1 Å². The Balaban J connectivity index is 2.31. The van der Waals surface area contributed by atoms with Gasteiger partial charge in [-0.15, -0.1) is 0 Å². The number of nitrogens with zero attached hydrogens (tertiary/aromatic N) is 2. The highest BCUT2D eigenvalue weighted by Crippen LogP contribution is 2.49. The molecule has 2 unspecified atom stereocenters. The largest absolute Gasteiger partial charge is 0.783 e. The van der Waals surface area contributed by atoms with Crippen molar-refractivity contribution in [3.63, 3.8) is 0 Å². The third kappa shape index (κ3) is 29.1. The minimum atomic E-state index is -4.64. The molecule has 12 nitrogen and oxygen atoms in total. The molecule has 2 atom stereocenters. The molecule has 0 N–H and O–H groups in total. The number of unbranched alkanes of at least 4 members (excludes halogenated alkanes) is 22. The molecule has 1 heterocycles. The van der Waals surface area contributed by atoms with E-state index >= 15 is 0 Å². The van der Waals surface area contributed by atoms with Crippen LogP contribution in [-0.4, -0.2) is 93.0 Å². The molecular formula is C46H90N2O10P. The third-order valence-electron chi connectivity index (χ3n) is 11.4. The zero-order valence-electron chi connectivity index (χ0n) is 39.0. The molecule has 0 saturated carbocycles. The predicted octanol–water partition coefficient (Wildman–Crippen LogP) is 11.3. The fourth-order valence-corrected chi connectivity index (χ4v) is 8.26. The summed E-state index contributed by atoms with van der Waals surface area (Å²) in [4.78, 5) is 50.1. The lowest BCUT2D eigenvalue weighted by atomic mass is 9.95. The topological polar surface area (TPSA) is 150 Å². The number of hydrogen-bond acceptors (Lipinski definition) is 10. The highest BCUT2D eigenvalue weighted by molar-refractivity contribution is 7.52. The van der Waals surface area contributed by atoms with Crippen LogP contribution in [-0.2, 0) is 37.7 Å².